The number of ether oxygens (including phenoxy) is 5. The highest BCUT2D eigenvalue weighted by Crippen LogP contribution is 2.05. The van der Waals surface area contributed by atoms with E-state index >= 15 is 0 Å². The first-order valence-corrected chi connectivity index (χ1v) is 5.93. The van der Waals surface area contributed by atoms with Crippen LogP contribution in [-0.2, 0) is 47.7 Å². The summed E-state index contributed by atoms with van der Waals surface area (Å²) >= 11 is 0. The summed E-state index contributed by atoms with van der Waals surface area (Å²) in [4.78, 5) is 55.6. The van der Waals surface area contributed by atoms with E-state index < -0.39 is 55.6 Å². The van der Waals surface area contributed by atoms with E-state index in [1.807, 2.05) is 0 Å². The number of hydrogen-bond donors (Lipinski definition) is 0. The molecule has 0 aliphatic heterocycles. The molecule has 1 atom stereocenters. The topological polar surface area (TPSA) is 132 Å². The van der Waals surface area contributed by atoms with Crippen molar-refractivity contribution in [1.82, 2.24) is 0 Å². The molecular formula is C12H16O10. The predicted octanol–water partition coefficient (Wildman–Crippen LogP) is -1.26. The number of carbonyl (C=O) groups is 5. The number of hydrogen-bond acceptors (Lipinski definition) is 10. The Morgan fingerprint density at radius 2 is 1.32 bits per heavy atom. The van der Waals surface area contributed by atoms with Crippen LogP contribution < -0.4 is 0 Å². The van der Waals surface area contributed by atoms with E-state index in [1.165, 1.54) is 0 Å². The first-order chi connectivity index (χ1) is 10.3. The molecule has 0 aromatic heterocycles. The molecule has 0 radical (unpaired) electrons. The van der Waals surface area contributed by atoms with Crippen molar-refractivity contribution in [2.24, 2.45) is 0 Å². The molecule has 0 saturated heterocycles. The maximum Gasteiger partial charge on any atom is 0.348 e. The maximum atomic E-state index is 11.6. The third-order valence-corrected chi connectivity index (χ3v) is 2.06. The van der Waals surface area contributed by atoms with E-state index in [-0.39, 0.29) is 0 Å². The number of esters is 5. The Balaban J connectivity index is 4.52. The van der Waals surface area contributed by atoms with Crippen molar-refractivity contribution in [2.75, 3.05) is 27.4 Å². The minimum atomic E-state index is -1.60. The zero-order valence-electron chi connectivity index (χ0n) is 12.3. The Bertz CT molecular complexity index is 441. The summed E-state index contributed by atoms with van der Waals surface area (Å²) in [5.74, 6) is -4.60. The first kappa shape index (κ1) is 19.4. The van der Waals surface area contributed by atoms with Gasteiger partial charge in [0.2, 0.25) is 6.10 Å². The summed E-state index contributed by atoms with van der Waals surface area (Å²) in [6.07, 6.45) is -2.29. The molecule has 0 N–H and O–H groups in total. The standard InChI is InChI=1S/C12H16O10/c1-7(13)22-8(12(17)21-6-11(16)19-3)4-9(14)20-5-10(15)18-2/h8H,4-6H2,1-3H3. The van der Waals surface area contributed by atoms with Crippen LogP contribution in [0.15, 0.2) is 0 Å². The second-order valence-electron chi connectivity index (χ2n) is 3.72. The van der Waals surface area contributed by atoms with Gasteiger partial charge in [0, 0.05) is 6.92 Å². The zero-order valence-corrected chi connectivity index (χ0v) is 12.3. The lowest BCUT2D eigenvalue weighted by molar-refractivity contribution is -0.174. The van der Waals surface area contributed by atoms with Crippen molar-refractivity contribution in [3.63, 3.8) is 0 Å². The molecule has 0 aliphatic rings. The fraction of sp³-hybridized carbons (Fsp3) is 0.583. The highest BCUT2D eigenvalue weighted by molar-refractivity contribution is 5.86. The number of carbonyl (C=O) groups excluding carboxylic acids is 5. The largest absolute Gasteiger partial charge is 0.466 e. The van der Waals surface area contributed by atoms with Crippen LogP contribution in [0.1, 0.15) is 13.3 Å². The van der Waals surface area contributed by atoms with E-state index in [2.05, 4.69) is 23.7 Å². The zero-order chi connectivity index (χ0) is 17.1. The Morgan fingerprint density at radius 3 is 1.77 bits per heavy atom. The molecule has 0 aromatic rings. The molecule has 1 unspecified atom stereocenters. The van der Waals surface area contributed by atoms with Crippen LogP contribution >= 0.6 is 0 Å². The van der Waals surface area contributed by atoms with Gasteiger partial charge in [-0.05, 0) is 0 Å². The molecule has 0 bridgehead atoms. The second-order valence-corrected chi connectivity index (χ2v) is 3.72. The average Bonchev–Trinajstić information content (AvgIpc) is 2.48. The summed E-state index contributed by atoms with van der Waals surface area (Å²) in [5, 5.41) is 0. The minimum absolute atomic E-state index is 0.653. The molecule has 0 fully saturated rings. The fourth-order valence-electron chi connectivity index (χ4n) is 1.06. The molecule has 0 aromatic carbocycles. The summed E-state index contributed by atoms with van der Waals surface area (Å²) in [7, 11) is 2.19. The van der Waals surface area contributed by atoms with E-state index in [1.54, 1.807) is 0 Å². The van der Waals surface area contributed by atoms with Crippen molar-refractivity contribution in [3.05, 3.63) is 0 Å². The van der Waals surface area contributed by atoms with Gasteiger partial charge in [0.15, 0.2) is 13.2 Å². The summed E-state index contributed by atoms with van der Waals surface area (Å²) in [5.41, 5.74) is 0. The van der Waals surface area contributed by atoms with Gasteiger partial charge < -0.3 is 23.7 Å². The van der Waals surface area contributed by atoms with Crippen LogP contribution in [0.25, 0.3) is 0 Å². The quantitative estimate of drug-likeness (QED) is 0.394. The van der Waals surface area contributed by atoms with Gasteiger partial charge in [0.25, 0.3) is 0 Å². The monoisotopic (exact) mass is 320 g/mol. The molecular weight excluding hydrogens is 304 g/mol. The fourth-order valence-corrected chi connectivity index (χ4v) is 1.06. The molecule has 124 valence electrons. The summed E-state index contributed by atoms with van der Waals surface area (Å²) in [6.45, 7) is -0.343. The Hall–Kier alpha value is -2.65. The van der Waals surface area contributed by atoms with E-state index in [0.717, 1.165) is 21.1 Å². The highest BCUT2D eigenvalue weighted by Gasteiger charge is 2.28. The van der Waals surface area contributed by atoms with Gasteiger partial charge in [-0.3, -0.25) is 9.59 Å². The Morgan fingerprint density at radius 1 is 0.818 bits per heavy atom. The highest BCUT2D eigenvalue weighted by atomic mass is 16.6. The van der Waals surface area contributed by atoms with Gasteiger partial charge in [-0.2, -0.15) is 0 Å². The van der Waals surface area contributed by atoms with Gasteiger partial charge in [0.1, 0.15) is 0 Å². The SMILES string of the molecule is COC(=O)COC(=O)CC(OC(C)=O)C(=O)OCC(=O)OC. The maximum absolute atomic E-state index is 11.6. The minimum Gasteiger partial charge on any atom is -0.466 e. The van der Waals surface area contributed by atoms with Crippen molar-refractivity contribution < 1.29 is 47.7 Å². The van der Waals surface area contributed by atoms with E-state index in [4.69, 9.17) is 0 Å². The van der Waals surface area contributed by atoms with Crippen LogP contribution in [0.3, 0.4) is 0 Å². The average molecular weight is 320 g/mol. The molecule has 10 heteroatoms. The van der Waals surface area contributed by atoms with Gasteiger partial charge in [0.05, 0.1) is 20.6 Å². The van der Waals surface area contributed by atoms with Crippen LogP contribution in [0.2, 0.25) is 0 Å². The smallest absolute Gasteiger partial charge is 0.348 e. The van der Waals surface area contributed by atoms with E-state index in [9.17, 15) is 24.0 Å². The summed E-state index contributed by atoms with van der Waals surface area (Å²) < 4.78 is 22.1. The van der Waals surface area contributed by atoms with E-state index in [0.29, 0.717) is 0 Å². The molecule has 0 spiro atoms. The summed E-state index contributed by atoms with van der Waals surface area (Å²) in [6, 6.07) is 0. The van der Waals surface area contributed by atoms with Crippen LogP contribution in [-0.4, -0.2) is 63.4 Å². The second kappa shape index (κ2) is 10.1. The Labute approximate surface area is 125 Å². The van der Waals surface area contributed by atoms with Crippen molar-refractivity contribution in [3.8, 4) is 0 Å². The molecule has 0 amide bonds. The van der Waals surface area contributed by atoms with Gasteiger partial charge >= 0.3 is 29.8 Å². The predicted molar refractivity (Wildman–Crippen MR) is 66.1 cm³/mol. The lowest BCUT2D eigenvalue weighted by atomic mass is 10.2. The van der Waals surface area contributed by atoms with Crippen molar-refractivity contribution in [2.45, 2.75) is 19.4 Å². The third-order valence-electron chi connectivity index (χ3n) is 2.06. The molecule has 0 heterocycles. The number of rotatable bonds is 8. The van der Waals surface area contributed by atoms with Gasteiger partial charge in [-0.1, -0.05) is 0 Å². The van der Waals surface area contributed by atoms with Crippen molar-refractivity contribution in [1.29, 1.82) is 0 Å². The first-order valence-electron chi connectivity index (χ1n) is 5.93. The van der Waals surface area contributed by atoms with Gasteiger partial charge in [-0.25, -0.2) is 14.4 Å². The number of methoxy groups -OCH3 is 2. The van der Waals surface area contributed by atoms with Gasteiger partial charge in [-0.15, -0.1) is 0 Å². The van der Waals surface area contributed by atoms with Crippen molar-refractivity contribution >= 4 is 29.8 Å². The normalized spacial score (nSPS) is 10.9. The molecule has 22 heavy (non-hydrogen) atoms. The van der Waals surface area contributed by atoms with Crippen LogP contribution in [0.5, 0.6) is 0 Å². The third kappa shape index (κ3) is 8.51. The molecule has 0 saturated carbocycles. The molecule has 0 rings (SSSR count). The Kier molecular flexibility index (Phi) is 8.91. The lowest BCUT2D eigenvalue weighted by Crippen LogP contribution is -2.33. The van der Waals surface area contributed by atoms with Crippen LogP contribution in [0, 0.1) is 0 Å². The van der Waals surface area contributed by atoms with Crippen LogP contribution in [0.4, 0.5) is 0 Å². The molecule has 0 aliphatic carbocycles. The lowest BCUT2D eigenvalue weighted by Gasteiger charge is -2.14. The molecule has 10 nitrogen and oxygen atoms in total.